The fraction of sp³-hybridized carbons (Fsp3) is 0.818. The number of hydrogen-bond donors (Lipinski definition) is 1. The first-order valence-electron chi connectivity index (χ1n) is 10.6. The fourth-order valence-corrected chi connectivity index (χ4v) is 6.84. The van der Waals surface area contributed by atoms with Gasteiger partial charge in [-0.3, -0.25) is 9.59 Å². The summed E-state index contributed by atoms with van der Waals surface area (Å²) in [6.07, 6.45) is 8.43. The van der Waals surface area contributed by atoms with Crippen LogP contribution >= 0.6 is 0 Å². The molecule has 6 atom stereocenters. The van der Waals surface area contributed by atoms with Crippen LogP contribution in [0.5, 0.6) is 0 Å². The summed E-state index contributed by atoms with van der Waals surface area (Å²) in [7, 11) is 0. The predicted octanol–water partition coefficient (Wildman–Crippen LogP) is 3.98. The Hall–Kier alpha value is -1.16. The number of cyclic esters (lactones) is 2. The van der Waals surface area contributed by atoms with Crippen molar-refractivity contribution in [1.29, 1.82) is 0 Å². The van der Waals surface area contributed by atoms with Crippen LogP contribution in [0, 0.1) is 35.5 Å². The molecule has 0 aromatic heterocycles. The Labute approximate surface area is 156 Å². The molecule has 4 heteroatoms. The van der Waals surface area contributed by atoms with Crippen molar-refractivity contribution in [3.05, 3.63) is 11.1 Å². The van der Waals surface area contributed by atoms with Crippen LogP contribution < -0.4 is 5.73 Å². The van der Waals surface area contributed by atoms with Crippen LogP contribution in [0.1, 0.15) is 72.1 Å². The molecule has 4 aliphatic rings. The lowest BCUT2D eigenvalue weighted by Gasteiger charge is -2.55. The van der Waals surface area contributed by atoms with Gasteiger partial charge in [0.25, 0.3) is 0 Å². The Bertz CT molecular complexity index is 648. The molecular weight excluding hydrogens is 326 g/mol. The average molecular weight is 360 g/mol. The molecule has 0 aromatic carbocycles. The lowest BCUT2D eigenvalue weighted by molar-refractivity contribution is -0.152. The van der Waals surface area contributed by atoms with E-state index < -0.39 is 0 Å². The highest BCUT2D eigenvalue weighted by atomic mass is 16.6. The summed E-state index contributed by atoms with van der Waals surface area (Å²) in [6, 6.07) is 0. The highest BCUT2D eigenvalue weighted by molar-refractivity contribution is 5.96. The van der Waals surface area contributed by atoms with Crippen molar-refractivity contribution >= 4 is 11.9 Å². The van der Waals surface area contributed by atoms with Crippen molar-refractivity contribution in [2.75, 3.05) is 0 Å². The van der Waals surface area contributed by atoms with Gasteiger partial charge in [-0.25, -0.2) is 0 Å². The second-order valence-electron chi connectivity index (χ2n) is 9.74. The number of carbonyl (C=O) groups is 2. The van der Waals surface area contributed by atoms with E-state index in [0.29, 0.717) is 29.6 Å². The average Bonchev–Trinajstić information content (AvgIpc) is 2.91. The van der Waals surface area contributed by atoms with Crippen molar-refractivity contribution in [2.24, 2.45) is 41.2 Å². The minimum absolute atomic E-state index is 0.0433. The number of fused-ring (bicyclic) bond motifs is 3. The quantitative estimate of drug-likeness (QED) is 0.460. The molecule has 0 bridgehead atoms. The molecule has 1 aliphatic heterocycles. The Morgan fingerprint density at radius 3 is 2.54 bits per heavy atom. The van der Waals surface area contributed by atoms with Gasteiger partial charge in [-0.15, -0.1) is 0 Å². The molecule has 4 rings (SSSR count). The number of rotatable bonds is 2. The number of ether oxygens (including phenoxy) is 1. The van der Waals surface area contributed by atoms with Crippen LogP contribution in [0.4, 0.5) is 0 Å². The number of esters is 2. The van der Waals surface area contributed by atoms with Gasteiger partial charge in [0, 0.05) is 5.54 Å². The van der Waals surface area contributed by atoms with Crippen molar-refractivity contribution in [1.82, 2.24) is 0 Å². The Balaban J connectivity index is 1.70. The molecule has 3 aliphatic carbocycles. The van der Waals surface area contributed by atoms with Crippen LogP contribution in [-0.2, 0) is 14.3 Å². The molecule has 26 heavy (non-hydrogen) atoms. The van der Waals surface area contributed by atoms with Crippen LogP contribution in [0.15, 0.2) is 11.1 Å². The Kier molecular flexibility index (Phi) is 4.53. The molecule has 1 heterocycles. The first kappa shape index (κ1) is 18.2. The molecular formula is C22H33NO3. The van der Waals surface area contributed by atoms with Gasteiger partial charge in [0.05, 0.1) is 12.3 Å². The number of carbonyl (C=O) groups excluding carboxylic acids is 2. The summed E-state index contributed by atoms with van der Waals surface area (Å²) >= 11 is 0. The van der Waals surface area contributed by atoms with Gasteiger partial charge in [-0.1, -0.05) is 31.4 Å². The van der Waals surface area contributed by atoms with E-state index in [-0.39, 0.29) is 29.8 Å². The maximum atomic E-state index is 12.4. The van der Waals surface area contributed by atoms with Crippen LogP contribution in [-0.4, -0.2) is 17.5 Å². The standard InChI is InChI=1S/C22H33NO3/c1-12(2)13-6-7-14-15-5-4-10-22(3,23)18(15)9-8-16(14)20(13)17-11-19(24)26-21(17)25/h12,14-18H,4-11,23H2,1-3H3. The first-order chi connectivity index (χ1) is 12.3. The highest BCUT2D eigenvalue weighted by Gasteiger charge is 2.52. The Morgan fingerprint density at radius 1 is 1.12 bits per heavy atom. The summed E-state index contributed by atoms with van der Waals surface area (Å²) in [5, 5.41) is 0. The molecule has 2 saturated carbocycles. The number of nitrogens with two attached hydrogens (primary N) is 1. The van der Waals surface area contributed by atoms with Crippen LogP contribution in [0.2, 0.25) is 0 Å². The molecule has 0 aromatic rings. The fourth-order valence-electron chi connectivity index (χ4n) is 6.84. The summed E-state index contributed by atoms with van der Waals surface area (Å²) < 4.78 is 4.94. The molecule has 2 N–H and O–H groups in total. The van der Waals surface area contributed by atoms with Gasteiger partial charge in [0.2, 0.25) is 0 Å². The van der Waals surface area contributed by atoms with E-state index in [2.05, 4.69) is 20.8 Å². The van der Waals surface area contributed by atoms with Crippen LogP contribution in [0.3, 0.4) is 0 Å². The lowest BCUT2D eigenvalue weighted by atomic mass is 9.51. The Morgan fingerprint density at radius 2 is 1.88 bits per heavy atom. The van der Waals surface area contributed by atoms with E-state index in [1.807, 2.05) is 0 Å². The highest BCUT2D eigenvalue weighted by Crippen LogP contribution is 2.57. The number of allylic oxidation sites excluding steroid dienone is 1. The topological polar surface area (TPSA) is 69.4 Å². The van der Waals surface area contributed by atoms with E-state index in [1.54, 1.807) is 0 Å². The molecule has 144 valence electrons. The first-order valence-corrected chi connectivity index (χ1v) is 10.6. The maximum Gasteiger partial charge on any atom is 0.321 e. The van der Waals surface area contributed by atoms with Gasteiger partial charge in [0.15, 0.2) is 0 Å². The lowest BCUT2D eigenvalue weighted by Crippen LogP contribution is -2.55. The second kappa shape index (κ2) is 6.47. The van der Waals surface area contributed by atoms with E-state index >= 15 is 0 Å². The molecule has 1 saturated heterocycles. The third kappa shape index (κ3) is 2.85. The van der Waals surface area contributed by atoms with Crippen molar-refractivity contribution in [2.45, 2.75) is 77.7 Å². The number of hydrogen-bond acceptors (Lipinski definition) is 4. The monoisotopic (exact) mass is 359 g/mol. The molecule has 6 unspecified atom stereocenters. The predicted molar refractivity (Wildman–Crippen MR) is 99.9 cm³/mol. The molecule has 0 radical (unpaired) electrons. The van der Waals surface area contributed by atoms with E-state index in [0.717, 1.165) is 25.7 Å². The van der Waals surface area contributed by atoms with Gasteiger partial charge in [-0.05, 0) is 75.0 Å². The van der Waals surface area contributed by atoms with Gasteiger partial charge in [-0.2, -0.15) is 0 Å². The molecule has 0 amide bonds. The normalized spacial score (nSPS) is 43.3. The second-order valence-corrected chi connectivity index (χ2v) is 9.74. The van der Waals surface area contributed by atoms with E-state index in [9.17, 15) is 9.59 Å². The summed E-state index contributed by atoms with van der Waals surface area (Å²) in [6.45, 7) is 6.69. The van der Waals surface area contributed by atoms with E-state index in [4.69, 9.17) is 10.5 Å². The third-order valence-corrected chi connectivity index (χ3v) is 7.93. The SMILES string of the molecule is CC(C)C1=C(C2CC(=O)OC2=O)C2CCC3C(CCCC3(C)N)C2CC1. The van der Waals surface area contributed by atoms with Crippen molar-refractivity contribution in [3.63, 3.8) is 0 Å². The van der Waals surface area contributed by atoms with Crippen LogP contribution in [0.25, 0.3) is 0 Å². The molecule has 3 fully saturated rings. The zero-order valence-corrected chi connectivity index (χ0v) is 16.4. The smallest absolute Gasteiger partial charge is 0.321 e. The largest absolute Gasteiger partial charge is 0.393 e. The zero-order chi connectivity index (χ0) is 18.6. The third-order valence-electron chi connectivity index (χ3n) is 7.93. The maximum absolute atomic E-state index is 12.4. The zero-order valence-electron chi connectivity index (χ0n) is 16.4. The summed E-state index contributed by atoms with van der Waals surface area (Å²) in [4.78, 5) is 24.2. The summed E-state index contributed by atoms with van der Waals surface area (Å²) in [5.74, 6) is 1.80. The molecule has 0 spiro atoms. The van der Waals surface area contributed by atoms with Gasteiger partial charge >= 0.3 is 11.9 Å². The minimum Gasteiger partial charge on any atom is -0.393 e. The van der Waals surface area contributed by atoms with Crippen molar-refractivity contribution < 1.29 is 14.3 Å². The minimum atomic E-state index is -0.349. The summed E-state index contributed by atoms with van der Waals surface area (Å²) in [5.41, 5.74) is 9.36. The van der Waals surface area contributed by atoms with Gasteiger partial charge < -0.3 is 10.5 Å². The van der Waals surface area contributed by atoms with Crippen molar-refractivity contribution in [3.8, 4) is 0 Å². The van der Waals surface area contributed by atoms with E-state index in [1.165, 1.54) is 30.4 Å². The molecule has 4 nitrogen and oxygen atoms in total. The van der Waals surface area contributed by atoms with Gasteiger partial charge in [0.1, 0.15) is 0 Å².